The Morgan fingerprint density at radius 3 is 2.92 bits per heavy atom. The van der Waals surface area contributed by atoms with Crippen LogP contribution in [0.4, 0.5) is 5.82 Å². The minimum Gasteiger partial charge on any atom is -0.480 e. The number of hydrogen-bond donors (Lipinski definition) is 2. The molecule has 25 heavy (non-hydrogen) atoms. The Morgan fingerprint density at radius 1 is 1.36 bits per heavy atom. The highest BCUT2D eigenvalue weighted by molar-refractivity contribution is 7.19. The second-order valence-electron chi connectivity index (χ2n) is 7.04. The smallest absolute Gasteiger partial charge is 0.317 e. The zero-order chi connectivity index (χ0) is 17.4. The van der Waals surface area contributed by atoms with Gasteiger partial charge in [-0.3, -0.25) is 9.69 Å². The van der Waals surface area contributed by atoms with Gasteiger partial charge in [0.1, 0.15) is 17.0 Å². The number of aromatic nitrogens is 2. The number of thiophene rings is 1. The maximum atomic E-state index is 11.0. The van der Waals surface area contributed by atoms with E-state index in [1.165, 1.54) is 35.1 Å². The van der Waals surface area contributed by atoms with Gasteiger partial charge in [0.15, 0.2) is 0 Å². The highest BCUT2D eigenvalue weighted by atomic mass is 32.1. The standard InChI is InChI=1S/C18H24N4O2S/c1-2-22(9-15(23)24)12-7-11(8-12)21-17-16-13-5-3-4-6-14(13)25-18(16)20-10-19-17/h10-12H,2-9H2,1H3,(H,23,24)(H,19,20,21). The molecule has 0 aliphatic heterocycles. The fraction of sp³-hybridized carbons (Fsp3) is 0.611. The fourth-order valence-corrected chi connectivity index (χ4v) is 5.30. The summed E-state index contributed by atoms with van der Waals surface area (Å²) in [7, 11) is 0. The topological polar surface area (TPSA) is 78.4 Å². The SMILES string of the molecule is CCN(CC(=O)O)C1CC(Nc2ncnc3sc4c(c23)CCCC4)C1. The third-order valence-corrected chi connectivity index (χ3v) is 6.67. The first-order valence-electron chi connectivity index (χ1n) is 9.13. The molecule has 7 heteroatoms. The summed E-state index contributed by atoms with van der Waals surface area (Å²) >= 11 is 1.82. The highest BCUT2D eigenvalue weighted by Crippen LogP contribution is 2.39. The molecule has 0 spiro atoms. The van der Waals surface area contributed by atoms with Gasteiger partial charge < -0.3 is 10.4 Å². The van der Waals surface area contributed by atoms with Gasteiger partial charge in [-0.2, -0.15) is 0 Å². The molecule has 6 nitrogen and oxygen atoms in total. The molecule has 0 unspecified atom stereocenters. The van der Waals surface area contributed by atoms with Gasteiger partial charge in [0, 0.05) is 17.0 Å². The van der Waals surface area contributed by atoms with Gasteiger partial charge >= 0.3 is 5.97 Å². The Labute approximate surface area is 151 Å². The minimum atomic E-state index is -0.749. The van der Waals surface area contributed by atoms with Crippen molar-refractivity contribution in [3.05, 3.63) is 16.8 Å². The average Bonchev–Trinajstić information content (AvgIpc) is 2.95. The summed E-state index contributed by atoms with van der Waals surface area (Å²) in [4.78, 5) is 24.6. The van der Waals surface area contributed by atoms with Gasteiger partial charge in [-0.15, -0.1) is 11.3 Å². The number of rotatable bonds is 6. The first-order valence-corrected chi connectivity index (χ1v) is 9.95. The van der Waals surface area contributed by atoms with Crippen molar-refractivity contribution in [3.63, 3.8) is 0 Å². The summed E-state index contributed by atoms with van der Waals surface area (Å²) in [6.45, 7) is 2.93. The average molecular weight is 360 g/mol. The Hall–Kier alpha value is -1.73. The van der Waals surface area contributed by atoms with E-state index in [9.17, 15) is 4.79 Å². The lowest BCUT2D eigenvalue weighted by molar-refractivity contribution is -0.139. The zero-order valence-corrected chi connectivity index (χ0v) is 15.3. The van der Waals surface area contributed by atoms with Crippen molar-refractivity contribution < 1.29 is 9.90 Å². The van der Waals surface area contributed by atoms with E-state index in [2.05, 4.69) is 15.3 Å². The molecule has 0 atom stereocenters. The Morgan fingerprint density at radius 2 is 2.16 bits per heavy atom. The van der Waals surface area contributed by atoms with Crippen molar-refractivity contribution in [1.29, 1.82) is 0 Å². The molecule has 4 rings (SSSR count). The normalized spacial score (nSPS) is 22.6. The predicted octanol–water partition coefficient (Wildman–Crippen LogP) is 2.92. The number of nitrogens with zero attached hydrogens (tertiary/aromatic N) is 3. The van der Waals surface area contributed by atoms with Crippen molar-refractivity contribution in [2.45, 2.75) is 57.5 Å². The molecule has 2 aromatic rings. The van der Waals surface area contributed by atoms with Crippen LogP contribution in [0.2, 0.25) is 0 Å². The Balaban J connectivity index is 1.47. The van der Waals surface area contributed by atoms with Crippen molar-refractivity contribution in [2.75, 3.05) is 18.4 Å². The van der Waals surface area contributed by atoms with Crippen molar-refractivity contribution in [3.8, 4) is 0 Å². The van der Waals surface area contributed by atoms with Gasteiger partial charge in [-0.25, -0.2) is 9.97 Å². The summed E-state index contributed by atoms with van der Waals surface area (Å²) in [5, 5.41) is 13.8. The van der Waals surface area contributed by atoms with E-state index in [1.54, 1.807) is 6.33 Å². The largest absolute Gasteiger partial charge is 0.480 e. The van der Waals surface area contributed by atoms with Crippen LogP contribution >= 0.6 is 11.3 Å². The molecular formula is C18H24N4O2S. The second kappa shape index (κ2) is 6.88. The Kier molecular flexibility index (Phi) is 4.60. The molecule has 0 saturated heterocycles. The van der Waals surface area contributed by atoms with Gasteiger partial charge in [0.2, 0.25) is 0 Å². The molecule has 0 radical (unpaired) electrons. The van der Waals surface area contributed by atoms with E-state index in [-0.39, 0.29) is 6.54 Å². The molecular weight excluding hydrogens is 336 g/mol. The van der Waals surface area contributed by atoms with Crippen LogP contribution in [0.25, 0.3) is 10.2 Å². The van der Waals surface area contributed by atoms with Crippen LogP contribution in [0.3, 0.4) is 0 Å². The van der Waals surface area contributed by atoms with Crippen molar-refractivity contribution >= 4 is 33.3 Å². The van der Waals surface area contributed by atoms with Crippen LogP contribution in [-0.2, 0) is 17.6 Å². The number of carboxylic acid groups (broad SMARTS) is 1. The van der Waals surface area contributed by atoms with E-state index in [1.807, 2.05) is 23.2 Å². The molecule has 0 bridgehead atoms. The van der Waals surface area contributed by atoms with E-state index in [4.69, 9.17) is 5.11 Å². The lowest BCUT2D eigenvalue weighted by Gasteiger charge is -2.42. The van der Waals surface area contributed by atoms with E-state index >= 15 is 0 Å². The number of aryl methyl sites for hydroxylation is 2. The molecule has 134 valence electrons. The monoisotopic (exact) mass is 360 g/mol. The van der Waals surface area contributed by atoms with Crippen LogP contribution in [0.5, 0.6) is 0 Å². The van der Waals surface area contributed by atoms with Crippen LogP contribution in [0.1, 0.15) is 43.0 Å². The third-order valence-electron chi connectivity index (χ3n) is 5.47. The van der Waals surface area contributed by atoms with Crippen LogP contribution in [0.15, 0.2) is 6.33 Å². The van der Waals surface area contributed by atoms with Crippen molar-refractivity contribution in [2.24, 2.45) is 0 Å². The first kappa shape index (κ1) is 16.7. The van der Waals surface area contributed by atoms with E-state index in [0.29, 0.717) is 12.1 Å². The van der Waals surface area contributed by atoms with Crippen LogP contribution in [0, 0.1) is 0 Å². The number of aliphatic carboxylic acids is 1. The summed E-state index contributed by atoms with van der Waals surface area (Å²) in [5.74, 6) is 0.217. The van der Waals surface area contributed by atoms with Gasteiger partial charge in [-0.1, -0.05) is 6.92 Å². The maximum absolute atomic E-state index is 11.0. The molecule has 0 aromatic carbocycles. The highest BCUT2D eigenvalue weighted by Gasteiger charge is 2.34. The third kappa shape index (κ3) is 3.22. The molecule has 1 fully saturated rings. The predicted molar refractivity (Wildman–Crippen MR) is 99.4 cm³/mol. The number of carbonyl (C=O) groups is 1. The number of carboxylic acids is 1. The number of likely N-dealkylation sites (N-methyl/N-ethyl adjacent to an activating group) is 1. The summed E-state index contributed by atoms with van der Waals surface area (Å²) in [6.07, 6.45) is 8.42. The maximum Gasteiger partial charge on any atom is 0.317 e. The van der Waals surface area contributed by atoms with Gasteiger partial charge in [0.25, 0.3) is 0 Å². The second-order valence-corrected chi connectivity index (χ2v) is 8.12. The Bertz CT molecular complexity index is 785. The number of fused-ring (bicyclic) bond motifs is 3. The summed E-state index contributed by atoms with van der Waals surface area (Å²) in [6, 6.07) is 0.720. The lowest BCUT2D eigenvalue weighted by Crippen LogP contribution is -2.51. The van der Waals surface area contributed by atoms with Crippen LogP contribution < -0.4 is 5.32 Å². The van der Waals surface area contributed by atoms with Crippen molar-refractivity contribution in [1.82, 2.24) is 14.9 Å². The molecule has 0 amide bonds. The minimum absolute atomic E-state index is 0.129. The summed E-state index contributed by atoms with van der Waals surface area (Å²) in [5.41, 5.74) is 1.45. The van der Waals surface area contributed by atoms with E-state index < -0.39 is 5.97 Å². The molecule has 2 N–H and O–H groups in total. The number of anilines is 1. The number of hydrogen-bond acceptors (Lipinski definition) is 6. The summed E-state index contributed by atoms with van der Waals surface area (Å²) < 4.78 is 0. The molecule has 1 saturated carbocycles. The van der Waals surface area contributed by atoms with Gasteiger partial charge in [-0.05, 0) is 50.6 Å². The van der Waals surface area contributed by atoms with Gasteiger partial charge in [0.05, 0.1) is 11.9 Å². The zero-order valence-electron chi connectivity index (χ0n) is 14.5. The fourth-order valence-electron chi connectivity index (χ4n) is 4.07. The van der Waals surface area contributed by atoms with E-state index in [0.717, 1.165) is 36.5 Å². The first-order chi connectivity index (χ1) is 12.2. The quantitative estimate of drug-likeness (QED) is 0.825. The molecule has 2 aromatic heterocycles. The molecule has 2 aliphatic rings. The number of nitrogens with one attached hydrogen (secondary N) is 1. The molecule has 2 heterocycles. The lowest BCUT2D eigenvalue weighted by atomic mass is 9.85. The van der Waals surface area contributed by atoms with Crippen LogP contribution in [-0.4, -0.2) is 51.1 Å². The molecule has 2 aliphatic carbocycles.